The lowest BCUT2D eigenvalue weighted by atomic mass is 10.3. The summed E-state index contributed by atoms with van der Waals surface area (Å²) in [5, 5.41) is 4.05. The molecule has 1 heterocycles. The summed E-state index contributed by atoms with van der Waals surface area (Å²) in [6, 6.07) is 5.55. The minimum atomic E-state index is 0.194. The lowest BCUT2D eigenvalue weighted by Crippen LogP contribution is -1.98. The highest BCUT2D eigenvalue weighted by Crippen LogP contribution is 2.28. The van der Waals surface area contributed by atoms with E-state index in [1.54, 1.807) is 6.20 Å². The number of nitrogens with one attached hydrogen (secondary N) is 1. The molecule has 0 saturated heterocycles. The Labute approximate surface area is 130 Å². The Balaban J connectivity index is 2.34. The van der Waals surface area contributed by atoms with Gasteiger partial charge in [0, 0.05) is 14.8 Å². The minimum Gasteiger partial charge on any atom is -0.338 e. The number of aromatic nitrogens is 2. The first-order valence-electron chi connectivity index (χ1n) is 4.46. The van der Waals surface area contributed by atoms with E-state index in [1.165, 1.54) is 0 Å². The van der Waals surface area contributed by atoms with Gasteiger partial charge in [-0.05, 0) is 68.3 Å². The van der Waals surface area contributed by atoms with Gasteiger partial charge in [0.15, 0.2) is 0 Å². The molecule has 3 nitrogen and oxygen atoms in total. The van der Waals surface area contributed by atoms with Crippen LogP contribution in [0.15, 0.2) is 28.9 Å². The van der Waals surface area contributed by atoms with E-state index >= 15 is 0 Å². The topological polar surface area (TPSA) is 37.8 Å². The van der Waals surface area contributed by atoms with Crippen LogP contribution in [0.5, 0.6) is 0 Å². The molecule has 7 heteroatoms. The monoisotopic (exact) mass is 443 g/mol. The Morgan fingerprint density at radius 3 is 2.76 bits per heavy atom. The first-order chi connectivity index (χ1) is 8.06. The van der Waals surface area contributed by atoms with E-state index in [9.17, 15) is 0 Å². The van der Waals surface area contributed by atoms with Crippen molar-refractivity contribution in [1.82, 2.24) is 9.97 Å². The molecule has 0 amide bonds. The van der Waals surface area contributed by atoms with Gasteiger partial charge in [0.25, 0.3) is 0 Å². The van der Waals surface area contributed by atoms with E-state index in [1.807, 2.05) is 18.2 Å². The van der Waals surface area contributed by atoms with Crippen LogP contribution in [0.25, 0.3) is 0 Å². The summed E-state index contributed by atoms with van der Waals surface area (Å²) in [6.07, 6.45) is 1.60. The van der Waals surface area contributed by atoms with E-state index in [-0.39, 0.29) is 5.28 Å². The molecule has 0 aliphatic rings. The molecule has 0 unspecified atom stereocenters. The van der Waals surface area contributed by atoms with Crippen molar-refractivity contribution in [3.63, 3.8) is 0 Å². The second-order valence-corrected chi connectivity index (χ2v) is 5.88. The van der Waals surface area contributed by atoms with Gasteiger partial charge in [-0.1, -0.05) is 11.6 Å². The fourth-order valence-corrected chi connectivity index (χ4v) is 2.58. The quantitative estimate of drug-likeness (QED) is 0.529. The Morgan fingerprint density at radius 2 is 2.06 bits per heavy atom. The maximum Gasteiger partial charge on any atom is 0.224 e. The zero-order chi connectivity index (χ0) is 12.4. The molecule has 1 aromatic carbocycles. The second kappa shape index (κ2) is 5.69. The van der Waals surface area contributed by atoms with Crippen molar-refractivity contribution in [3.05, 3.63) is 42.7 Å². The fraction of sp³-hybridized carbons (Fsp3) is 0. The van der Waals surface area contributed by atoms with Crippen molar-refractivity contribution in [3.8, 4) is 0 Å². The Hall–Kier alpha value is -0.110. The van der Waals surface area contributed by atoms with Crippen molar-refractivity contribution in [2.45, 2.75) is 0 Å². The summed E-state index contributed by atoms with van der Waals surface area (Å²) in [7, 11) is 0. The van der Waals surface area contributed by atoms with Gasteiger partial charge in [0.05, 0.1) is 10.2 Å². The van der Waals surface area contributed by atoms with Gasteiger partial charge in [0.2, 0.25) is 5.28 Å². The summed E-state index contributed by atoms with van der Waals surface area (Å²) >= 11 is 17.2. The fourth-order valence-electron chi connectivity index (χ4n) is 1.15. The highest BCUT2D eigenvalue weighted by molar-refractivity contribution is 14.1. The first-order valence-corrected chi connectivity index (χ1v) is 7.09. The Bertz CT molecular complexity index is 565. The van der Waals surface area contributed by atoms with Gasteiger partial charge in [-0.3, -0.25) is 0 Å². The average Bonchev–Trinajstić information content (AvgIpc) is 2.27. The molecular weight excluding hydrogens is 440 g/mol. The number of halogens is 4. The maximum atomic E-state index is 5.89. The normalized spacial score (nSPS) is 10.4. The smallest absolute Gasteiger partial charge is 0.224 e. The van der Waals surface area contributed by atoms with Crippen molar-refractivity contribution in [2.24, 2.45) is 0 Å². The molecule has 0 saturated carbocycles. The minimum absolute atomic E-state index is 0.194. The lowest BCUT2D eigenvalue weighted by Gasteiger charge is -2.09. The van der Waals surface area contributed by atoms with Gasteiger partial charge in [-0.25, -0.2) is 4.98 Å². The third-order valence-electron chi connectivity index (χ3n) is 1.90. The predicted octanol–water partition coefficient (Wildman–Crippen LogP) is 4.89. The summed E-state index contributed by atoms with van der Waals surface area (Å²) in [5.74, 6) is 0.616. The van der Waals surface area contributed by atoms with Crippen LogP contribution >= 0.6 is 61.7 Å². The van der Waals surface area contributed by atoms with Crippen LogP contribution in [0.1, 0.15) is 0 Å². The molecule has 0 spiro atoms. The van der Waals surface area contributed by atoms with Crippen molar-refractivity contribution in [2.75, 3.05) is 5.32 Å². The first kappa shape index (κ1) is 13.3. The number of hydrogen-bond acceptors (Lipinski definition) is 3. The zero-order valence-electron chi connectivity index (χ0n) is 8.22. The Morgan fingerprint density at radius 1 is 1.29 bits per heavy atom. The number of benzene rings is 1. The van der Waals surface area contributed by atoms with Gasteiger partial charge in [-0.2, -0.15) is 4.98 Å². The van der Waals surface area contributed by atoms with Crippen molar-refractivity contribution in [1.29, 1.82) is 0 Å². The molecule has 0 atom stereocenters. The van der Waals surface area contributed by atoms with Gasteiger partial charge < -0.3 is 5.32 Å². The molecule has 2 aromatic rings. The van der Waals surface area contributed by atoms with E-state index in [2.05, 4.69) is 53.8 Å². The van der Waals surface area contributed by atoms with Crippen LogP contribution < -0.4 is 5.32 Å². The van der Waals surface area contributed by atoms with Gasteiger partial charge in [-0.15, -0.1) is 0 Å². The average molecular weight is 445 g/mol. The number of nitrogens with zero attached hydrogens (tertiary/aromatic N) is 2. The van der Waals surface area contributed by atoms with E-state index < -0.39 is 0 Å². The maximum absolute atomic E-state index is 5.89. The third kappa shape index (κ3) is 3.43. The summed E-state index contributed by atoms with van der Waals surface area (Å²) < 4.78 is 1.74. The molecule has 88 valence electrons. The molecule has 0 aliphatic heterocycles. The number of hydrogen-bond donors (Lipinski definition) is 1. The summed E-state index contributed by atoms with van der Waals surface area (Å²) in [4.78, 5) is 7.95. The van der Waals surface area contributed by atoms with Crippen molar-refractivity contribution < 1.29 is 0 Å². The molecule has 1 aromatic heterocycles. The molecule has 0 aliphatic carbocycles. The van der Waals surface area contributed by atoms with Crippen molar-refractivity contribution >= 4 is 73.2 Å². The lowest BCUT2D eigenvalue weighted by molar-refractivity contribution is 1.15. The molecule has 1 N–H and O–H groups in total. The summed E-state index contributed by atoms with van der Waals surface area (Å²) in [5.41, 5.74) is 0.908. The number of rotatable bonds is 2. The van der Waals surface area contributed by atoms with E-state index in [0.29, 0.717) is 10.8 Å². The van der Waals surface area contributed by atoms with E-state index in [4.69, 9.17) is 23.2 Å². The van der Waals surface area contributed by atoms with Crippen LogP contribution in [0.3, 0.4) is 0 Å². The highest BCUT2D eigenvalue weighted by Gasteiger charge is 2.06. The molecular formula is C10H5BrCl2IN3. The standard InChI is InChI=1S/C10H5BrCl2IN3/c11-6-4-15-10(13)17-9(6)16-8-2-1-5(12)3-7(8)14/h1-4H,(H,15,16,17). The highest BCUT2D eigenvalue weighted by atomic mass is 127. The van der Waals surface area contributed by atoms with E-state index in [0.717, 1.165) is 13.7 Å². The summed E-state index contributed by atoms with van der Waals surface area (Å²) in [6.45, 7) is 0. The molecule has 0 radical (unpaired) electrons. The molecule has 2 rings (SSSR count). The zero-order valence-corrected chi connectivity index (χ0v) is 13.5. The largest absolute Gasteiger partial charge is 0.338 e. The van der Waals surface area contributed by atoms with Crippen LogP contribution in [0.4, 0.5) is 11.5 Å². The van der Waals surface area contributed by atoms with Crippen LogP contribution in [0, 0.1) is 3.57 Å². The van der Waals surface area contributed by atoms with Gasteiger partial charge in [0.1, 0.15) is 5.82 Å². The van der Waals surface area contributed by atoms with Crippen LogP contribution in [-0.4, -0.2) is 9.97 Å². The van der Waals surface area contributed by atoms with Gasteiger partial charge >= 0.3 is 0 Å². The van der Waals surface area contributed by atoms with Crippen LogP contribution in [-0.2, 0) is 0 Å². The molecule has 0 bridgehead atoms. The second-order valence-electron chi connectivity index (χ2n) is 3.08. The molecule has 0 fully saturated rings. The third-order valence-corrected chi connectivity index (χ3v) is 3.79. The van der Waals surface area contributed by atoms with Crippen LogP contribution in [0.2, 0.25) is 10.3 Å². The SMILES string of the molecule is Clc1ccc(Nc2nc(Cl)ncc2Br)c(I)c1. The molecule has 17 heavy (non-hydrogen) atoms. The number of anilines is 2. The Kier molecular flexibility index (Phi) is 4.46. The predicted molar refractivity (Wildman–Crippen MR) is 82.2 cm³/mol.